The van der Waals surface area contributed by atoms with Crippen LogP contribution in [0.3, 0.4) is 0 Å². The zero-order valence-electron chi connectivity index (χ0n) is 10.4. The highest BCUT2D eigenvalue weighted by Crippen LogP contribution is 2.42. The molecule has 2 unspecified atom stereocenters. The van der Waals surface area contributed by atoms with Gasteiger partial charge in [0, 0.05) is 17.5 Å². The van der Waals surface area contributed by atoms with Crippen molar-refractivity contribution in [2.24, 2.45) is 0 Å². The summed E-state index contributed by atoms with van der Waals surface area (Å²) in [5.74, 6) is -0.765. The third kappa shape index (κ3) is 2.20. The number of aromatic hydroxyl groups is 1. The standard InChI is InChI=1S/C15H12F2O3/c16-8-1-3-12(17)10(5-8)15-7-13(19)11-6-9(18)2-4-14(11)20-15/h1-6,13,15,18-19H,7H2. The Hall–Kier alpha value is -2.14. The Labute approximate surface area is 114 Å². The van der Waals surface area contributed by atoms with Crippen molar-refractivity contribution < 1.29 is 23.7 Å². The maximum Gasteiger partial charge on any atom is 0.130 e. The Bertz CT molecular complexity index is 658. The van der Waals surface area contributed by atoms with Crippen molar-refractivity contribution in [3.05, 3.63) is 59.2 Å². The van der Waals surface area contributed by atoms with Crippen LogP contribution in [0, 0.1) is 11.6 Å². The van der Waals surface area contributed by atoms with E-state index >= 15 is 0 Å². The molecule has 0 aliphatic carbocycles. The summed E-state index contributed by atoms with van der Waals surface area (Å²) in [6.07, 6.45) is -1.58. The molecule has 0 radical (unpaired) electrons. The number of hydrogen-bond donors (Lipinski definition) is 2. The smallest absolute Gasteiger partial charge is 0.130 e. The Morgan fingerprint density at radius 3 is 2.65 bits per heavy atom. The number of aliphatic hydroxyl groups excluding tert-OH is 1. The van der Waals surface area contributed by atoms with E-state index in [-0.39, 0.29) is 17.7 Å². The molecule has 0 aromatic heterocycles. The van der Waals surface area contributed by atoms with Crippen LogP contribution in [0.15, 0.2) is 36.4 Å². The van der Waals surface area contributed by atoms with Crippen molar-refractivity contribution in [3.63, 3.8) is 0 Å². The Kier molecular flexibility index (Phi) is 3.06. The largest absolute Gasteiger partial charge is 0.508 e. The minimum atomic E-state index is -0.904. The van der Waals surface area contributed by atoms with Gasteiger partial charge in [0.2, 0.25) is 0 Å². The van der Waals surface area contributed by atoms with Gasteiger partial charge >= 0.3 is 0 Å². The van der Waals surface area contributed by atoms with E-state index in [1.54, 1.807) is 0 Å². The predicted octanol–water partition coefficient (Wildman–Crippen LogP) is 3.23. The van der Waals surface area contributed by atoms with E-state index in [4.69, 9.17) is 4.74 Å². The summed E-state index contributed by atoms with van der Waals surface area (Å²) in [6.45, 7) is 0. The van der Waals surface area contributed by atoms with Gasteiger partial charge in [-0.3, -0.25) is 0 Å². The Balaban J connectivity index is 1.99. The fourth-order valence-corrected chi connectivity index (χ4v) is 2.39. The molecule has 0 fully saturated rings. The lowest BCUT2D eigenvalue weighted by atomic mass is 9.94. The molecule has 20 heavy (non-hydrogen) atoms. The average Bonchev–Trinajstić information content (AvgIpc) is 2.42. The van der Waals surface area contributed by atoms with E-state index in [0.717, 1.165) is 18.2 Å². The lowest BCUT2D eigenvalue weighted by molar-refractivity contribution is 0.0635. The number of phenolic OH excluding ortho intramolecular Hbond substituents is 1. The van der Waals surface area contributed by atoms with Crippen molar-refractivity contribution in [2.75, 3.05) is 0 Å². The lowest BCUT2D eigenvalue weighted by Gasteiger charge is -2.30. The first-order valence-corrected chi connectivity index (χ1v) is 6.17. The van der Waals surface area contributed by atoms with Crippen LogP contribution in [0.5, 0.6) is 11.5 Å². The summed E-state index contributed by atoms with van der Waals surface area (Å²) in [7, 11) is 0. The molecule has 104 valence electrons. The van der Waals surface area contributed by atoms with Crippen LogP contribution in [0.4, 0.5) is 8.78 Å². The number of benzene rings is 2. The van der Waals surface area contributed by atoms with Gasteiger partial charge in [0.25, 0.3) is 0 Å². The first-order valence-electron chi connectivity index (χ1n) is 6.17. The summed E-state index contributed by atoms with van der Waals surface area (Å²) < 4.78 is 32.6. The topological polar surface area (TPSA) is 49.7 Å². The van der Waals surface area contributed by atoms with Gasteiger partial charge < -0.3 is 14.9 Å². The van der Waals surface area contributed by atoms with Gasteiger partial charge in [-0.25, -0.2) is 8.78 Å². The summed E-state index contributed by atoms with van der Waals surface area (Å²) in [5, 5.41) is 19.5. The maximum atomic E-state index is 13.8. The van der Waals surface area contributed by atoms with Crippen LogP contribution in [-0.2, 0) is 0 Å². The fourth-order valence-electron chi connectivity index (χ4n) is 2.39. The molecule has 1 heterocycles. The van der Waals surface area contributed by atoms with Crippen molar-refractivity contribution >= 4 is 0 Å². The van der Waals surface area contributed by atoms with E-state index in [1.165, 1.54) is 18.2 Å². The molecule has 2 aromatic rings. The van der Waals surface area contributed by atoms with Crippen molar-refractivity contribution in [2.45, 2.75) is 18.6 Å². The number of ether oxygens (including phenoxy) is 1. The second-order valence-corrected chi connectivity index (χ2v) is 4.75. The van der Waals surface area contributed by atoms with Gasteiger partial charge in [-0.1, -0.05) is 0 Å². The Morgan fingerprint density at radius 1 is 1.05 bits per heavy atom. The van der Waals surface area contributed by atoms with Gasteiger partial charge in [-0.05, 0) is 36.4 Å². The van der Waals surface area contributed by atoms with E-state index in [9.17, 15) is 19.0 Å². The number of fused-ring (bicyclic) bond motifs is 1. The average molecular weight is 278 g/mol. The molecule has 2 atom stereocenters. The molecule has 2 N–H and O–H groups in total. The molecule has 1 aliphatic rings. The number of halogens is 2. The minimum Gasteiger partial charge on any atom is -0.508 e. The van der Waals surface area contributed by atoms with Crippen LogP contribution in [-0.4, -0.2) is 10.2 Å². The second-order valence-electron chi connectivity index (χ2n) is 4.75. The molecule has 1 aliphatic heterocycles. The molecular weight excluding hydrogens is 266 g/mol. The molecular formula is C15H12F2O3. The van der Waals surface area contributed by atoms with Crippen molar-refractivity contribution in [1.29, 1.82) is 0 Å². The molecule has 0 saturated carbocycles. The van der Waals surface area contributed by atoms with Gasteiger partial charge in [0.15, 0.2) is 0 Å². The van der Waals surface area contributed by atoms with Crippen molar-refractivity contribution in [1.82, 2.24) is 0 Å². The number of phenols is 1. The van der Waals surface area contributed by atoms with Crippen LogP contribution in [0.1, 0.15) is 29.8 Å². The lowest BCUT2D eigenvalue weighted by Crippen LogP contribution is -2.20. The third-order valence-corrected chi connectivity index (χ3v) is 3.36. The molecule has 0 saturated heterocycles. The number of rotatable bonds is 1. The second kappa shape index (κ2) is 4.76. The van der Waals surface area contributed by atoms with E-state index in [2.05, 4.69) is 0 Å². The third-order valence-electron chi connectivity index (χ3n) is 3.36. The van der Waals surface area contributed by atoms with Crippen LogP contribution < -0.4 is 4.74 Å². The molecule has 2 aromatic carbocycles. The van der Waals surface area contributed by atoms with Crippen LogP contribution in [0.2, 0.25) is 0 Å². The van der Waals surface area contributed by atoms with E-state index in [0.29, 0.717) is 11.3 Å². The molecule has 3 rings (SSSR count). The maximum absolute atomic E-state index is 13.8. The molecule has 0 bridgehead atoms. The first-order chi connectivity index (χ1) is 9.54. The summed E-state index contributed by atoms with van der Waals surface area (Å²) in [6, 6.07) is 7.44. The normalized spacial score (nSPS) is 21.1. The predicted molar refractivity (Wildman–Crippen MR) is 67.4 cm³/mol. The van der Waals surface area contributed by atoms with Crippen LogP contribution in [0.25, 0.3) is 0 Å². The summed E-state index contributed by atoms with van der Waals surface area (Å²) >= 11 is 0. The highest BCUT2D eigenvalue weighted by molar-refractivity contribution is 5.43. The molecule has 5 heteroatoms. The van der Waals surface area contributed by atoms with Gasteiger partial charge in [0.1, 0.15) is 29.2 Å². The molecule has 3 nitrogen and oxygen atoms in total. The van der Waals surface area contributed by atoms with Crippen molar-refractivity contribution in [3.8, 4) is 11.5 Å². The van der Waals surface area contributed by atoms with Crippen LogP contribution >= 0.6 is 0 Å². The minimum absolute atomic E-state index is 0.0155. The number of hydrogen-bond acceptors (Lipinski definition) is 3. The molecule has 0 amide bonds. The first kappa shape index (κ1) is 12.9. The SMILES string of the molecule is Oc1ccc2c(c1)C(O)CC(c1cc(F)ccc1F)O2. The highest BCUT2D eigenvalue weighted by atomic mass is 19.1. The monoisotopic (exact) mass is 278 g/mol. The highest BCUT2D eigenvalue weighted by Gasteiger charge is 2.30. The van der Waals surface area contributed by atoms with Gasteiger partial charge in [0.05, 0.1) is 6.10 Å². The van der Waals surface area contributed by atoms with E-state index < -0.39 is 23.8 Å². The zero-order valence-corrected chi connectivity index (χ0v) is 10.4. The van der Waals surface area contributed by atoms with Gasteiger partial charge in [-0.2, -0.15) is 0 Å². The van der Waals surface area contributed by atoms with Gasteiger partial charge in [-0.15, -0.1) is 0 Å². The summed E-state index contributed by atoms with van der Waals surface area (Å²) in [5.41, 5.74) is 0.515. The molecule has 0 spiro atoms. The number of aliphatic hydroxyl groups is 1. The Morgan fingerprint density at radius 2 is 1.85 bits per heavy atom. The quantitative estimate of drug-likeness (QED) is 0.842. The fraction of sp³-hybridized carbons (Fsp3) is 0.200. The summed E-state index contributed by atoms with van der Waals surface area (Å²) in [4.78, 5) is 0. The van der Waals surface area contributed by atoms with E-state index in [1.807, 2.05) is 0 Å². The zero-order chi connectivity index (χ0) is 14.3.